The van der Waals surface area contributed by atoms with Gasteiger partial charge < -0.3 is 14.8 Å². The van der Waals surface area contributed by atoms with E-state index in [2.05, 4.69) is 5.32 Å². The Labute approximate surface area is 172 Å². The minimum absolute atomic E-state index is 0.258. The minimum atomic E-state index is -0.503. The maximum absolute atomic E-state index is 12.6. The Balaban J connectivity index is 1.70. The second-order valence-corrected chi connectivity index (χ2v) is 7.02. The largest absolute Gasteiger partial charge is 0.495 e. The number of para-hydroxylation sites is 2. The Morgan fingerprint density at radius 3 is 2.72 bits per heavy atom. The average molecular weight is 412 g/mol. The molecule has 0 aliphatic carbocycles. The van der Waals surface area contributed by atoms with Gasteiger partial charge in [-0.3, -0.25) is 19.3 Å². The van der Waals surface area contributed by atoms with Gasteiger partial charge in [-0.1, -0.05) is 24.3 Å². The standard InChI is InChI=1S/C21H20N2O5S/c1-3-28-15-8-6-7-14(11-15)12-18-20(25)23(21(26)29-18)13-19(24)22-16-9-4-5-10-17(16)27-2/h4-12H,3,13H2,1-2H3,(H,22,24)/b18-12-. The topological polar surface area (TPSA) is 84.9 Å². The predicted octanol–water partition coefficient (Wildman–Crippen LogP) is 3.77. The molecule has 2 aromatic rings. The number of hydrogen-bond donors (Lipinski definition) is 1. The lowest BCUT2D eigenvalue weighted by Crippen LogP contribution is -2.36. The van der Waals surface area contributed by atoms with E-state index in [1.165, 1.54) is 7.11 Å². The first-order valence-electron chi connectivity index (χ1n) is 8.93. The molecule has 2 aromatic carbocycles. The number of amides is 3. The fourth-order valence-electron chi connectivity index (χ4n) is 2.73. The zero-order chi connectivity index (χ0) is 20.8. The van der Waals surface area contributed by atoms with Crippen LogP contribution in [0.1, 0.15) is 12.5 Å². The highest BCUT2D eigenvalue weighted by atomic mass is 32.2. The summed E-state index contributed by atoms with van der Waals surface area (Å²) in [7, 11) is 1.49. The minimum Gasteiger partial charge on any atom is -0.495 e. The summed E-state index contributed by atoms with van der Waals surface area (Å²) in [5.74, 6) is 0.175. The molecule has 1 saturated heterocycles. The Bertz CT molecular complexity index is 973. The zero-order valence-corrected chi connectivity index (χ0v) is 16.8. The highest BCUT2D eigenvalue weighted by Crippen LogP contribution is 2.32. The third-order valence-corrected chi connectivity index (χ3v) is 4.93. The van der Waals surface area contributed by atoms with Crippen LogP contribution in [0.2, 0.25) is 0 Å². The van der Waals surface area contributed by atoms with Crippen LogP contribution in [0.5, 0.6) is 11.5 Å². The highest BCUT2D eigenvalue weighted by Gasteiger charge is 2.36. The molecule has 29 heavy (non-hydrogen) atoms. The monoisotopic (exact) mass is 412 g/mol. The third-order valence-electron chi connectivity index (χ3n) is 4.02. The van der Waals surface area contributed by atoms with Gasteiger partial charge >= 0.3 is 0 Å². The molecule has 0 bridgehead atoms. The maximum atomic E-state index is 12.6. The van der Waals surface area contributed by atoms with E-state index in [-0.39, 0.29) is 11.4 Å². The van der Waals surface area contributed by atoms with E-state index in [0.29, 0.717) is 23.8 Å². The number of nitrogens with zero attached hydrogens (tertiary/aromatic N) is 1. The SMILES string of the molecule is CCOc1cccc(/C=C2\SC(=O)N(CC(=O)Nc3ccccc3OC)C2=O)c1. The molecule has 8 heteroatoms. The molecule has 0 atom stereocenters. The first kappa shape index (κ1) is 20.5. The molecule has 1 aliphatic heterocycles. The number of anilines is 1. The lowest BCUT2D eigenvalue weighted by atomic mass is 10.2. The van der Waals surface area contributed by atoms with Gasteiger partial charge in [-0.25, -0.2) is 0 Å². The molecular weight excluding hydrogens is 392 g/mol. The van der Waals surface area contributed by atoms with E-state index in [1.807, 2.05) is 25.1 Å². The van der Waals surface area contributed by atoms with Gasteiger partial charge in [-0.15, -0.1) is 0 Å². The summed E-state index contributed by atoms with van der Waals surface area (Å²) in [6.45, 7) is 2.04. The molecule has 1 N–H and O–H groups in total. The second-order valence-electron chi connectivity index (χ2n) is 6.02. The fraction of sp³-hybridized carbons (Fsp3) is 0.190. The number of ether oxygens (including phenoxy) is 2. The van der Waals surface area contributed by atoms with Gasteiger partial charge in [-0.2, -0.15) is 0 Å². The predicted molar refractivity (Wildman–Crippen MR) is 112 cm³/mol. The zero-order valence-electron chi connectivity index (χ0n) is 16.0. The molecule has 3 rings (SSSR count). The van der Waals surface area contributed by atoms with Crippen molar-refractivity contribution < 1.29 is 23.9 Å². The van der Waals surface area contributed by atoms with Crippen LogP contribution < -0.4 is 14.8 Å². The van der Waals surface area contributed by atoms with E-state index >= 15 is 0 Å². The first-order valence-corrected chi connectivity index (χ1v) is 9.74. The molecule has 7 nitrogen and oxygen atoms in total. The molecule has 0 unspecified atom stereocenters. The van der Waals surface area contributed by atoms with Crippen LogP contribution in [0.15, 0.2) is 53.4 Å². The van der Waals surface area contributed by atoms with Crippen LogP contribution in [-0.4, -0.2) is 42.2 Å². The summed E-state index contributed by atoms with van der Waals surface area (Å²) < 4.78 is 10.6. The molecule has 1 fully saturated rings. The number of benzene rings is 2. The molecule has 0 aromatic heterocycles. The van der Waals surface area contributed by atoms with Gasteiger partial charge in [0.25, 0.3) is 11.1 Å². The summed E-state index contributed by atoms with van der Waals surface area (Å²) in [5.41, 5.74) is 1.20. The van der Waals surface area contributed by atoms with Gasteiger partial charge in [0.05, 0.1) is 24.3 Å². The average Bonchev–Trinajstić information content (AvgIpc) is 2.96. The molecule has 150 valence electrons. The van der Waals surface area contributed by atoms with Gasteiger partial charge in [0, 0.05) is 0 Å². The lowest BCUT2D eigenvalue weighted by molar-refractivity contribution is -0.127. The van der Waals surface area contributed by atoms with Crippen molar-refractivity contribution in [3.63, 3.8) is 0 Å². The summed E-state index contributed by atoms with van der Waals surface area (Å²) in [4.78, 5) is 38.4. The number of imide groups is 1. The number of rotatable bonds is 7. The first-order chi connectivity index (χ1) is 14.0. The molecule has 1 aliphatic rings. The van der Waals surface area contributed by atoms with E-state index < -0.39 is 17.1 Å². The van der Waals surface area contributed by atoms with Crippen molar-refractivity contribution in [1.29, 1.82) is 0 Å². The van der Waals surface area contributed by atoms with Gasteiger partial charge in [0.1, 0.15) is 18.0 Å². The smallest absolute Gasteiger partial charge is 0.294 e. The van der Waals surface area contributed by atoms with Crippen molar-refractivity contribution in [3.8, 4) is 11.5 Å². The molecular formula is C21H20N2O5S. The fourth-order valence-corrected chi connectivity index (χ4v) is 3.57. The summed E-state index contributed by atoms with van der Waals surface area (Å²) in [5, 5.41) is 2.17. The molecule has 3 amide bonds. The Morgan fingerprint density at radius 2 is 1.97 bits per heavy atom. The van der Waals surface area contributed by atoms with Crippen molar-refractivity contribution in [2.45, 2.75) is 6.92 Å². The second kappa shape index (κ2) is 9.29. The molecule has 0 spiro atoms. The van der Waals surface area contributed by atoms with E-state index in [1.54, 1.807) is 36.4 Å². The molecule has 1 heterocycles. The highest BCUT2D eigenvalue weighted by molar-refractivity contribution is 8.18. The van der Waals surface area contributed by atoms with Gasteiger partial charge in [0.2, 0.25) is 5.91 Å². The van der Waals surface area contributed by atoms with Crippen LogP contribution in [0, 0.1) is 0 Å². The number of methoxy groups -OCH3 is 1. The Morgan fingerprint density at radius 1 is 1.17 bits per heavy atom. The van der Waals surface area contributed by atoms with Crippen molar-refractivity contribution >= 4 is 40.6 Å². The van der Waals surface area contributed by atoms with Crippen molar-refractivity contribution in [1.82, 2.24) is 4.90 Å². The molecule has 0 radical (unpaired) electrons. The normalized spacial score (nSPS) is 15.0. The van der Waals surface area contributed by atoms with Crippen LogP contribution in [0.4, 0.5) is 10.5 Å². The van der Waals surface area contributed by atoms with Crippen LogP contribution in [-0.2, 0) is 9.59 Å². The Kier molecular flexibility index (Phi) is 6.56. The molecule has 0 saturated carbocycles. The van der Waals surface area contributed by atoms with Crippen LogP contribution >= 0.6 is 11.8 Å². The Hall–Kier alpha value is -3.26. The number of thioether (sulfide) groups is 1. The maximum Gasteiger partial charge on any atom is 0.294 e. The summed E-state index contributed by atoms with van der Waals surface area (Å²) in [6.07, 6.45) is 1.62. The van der Waals surface area contributed by atoms with Gasteiger partial charge in [0.15, 0.2) is 0 Å². The van der Waals surface area contributed by atoms with Gasteiger partial charge in [-0.05, 0) is 54.6 Å². The quantitative estimate of drug-likeness (QED) is 0.697. The van der Waals surface area contributed by atoms with E-state index in [0.717, 1.165) is 22.2 Å². The number of hydrogen-bond acceptors (Lipinski definition) is 6. The van der Waals surface area contributed by atoms with Crippen molar-refractivity contribution in [2.24, 2.45) is 0 Å². The number of carbonyl (C=O) groups is 3. The lowest BCUT2D eigenvalue weighted by Gasteiger charge is -2.14. The summed E-state index contributed by atoms with van der Waals surface area (Å²) in [6, 6.07) is 14.1. The number of carbonyl (C=O) groups excluding carboxylic acids is 3. The third kappa shape index (κ3) is 4.97. The summed E-state index contributed by atoms with van der Waals surface area (Å²) >= 11 is 0.805. The van der Waals surface area contributed by atoms with Crippen LogP contribution in [0.3, 0.4) is 0 Å². The van der Waals surface area contributed by atoms with Crippen molar-refractivity contribution in [3.05, 3.63) is 59.0 Å². The van der Waals surface area contributed by atoms with Crippen molar-refractivity contribution in [2.75, 3.05) is 25.6 Å². The van der Waals surface area contributed by atoms with E-state index in [4.69, 9.17) is 9.47 Å². The number of nitrogens with one attached hydrogen (secondary N) is 1. The van der Waals surface area contributed by atoms with E-state index in [9.17, 15) is 14.4 Å². The van der Waals surface area contributed by atoms with Crippen LogP contribution in [0.25, 0.3) is 6.08 Å².